The minimum absolute atomic E-state index is 0.0397. The van der Waals surface area contributed by atoms with Crippen LogP contribution in [0.4, 0.5) is 20.2 Å². The largest absolute Gasteiger partial charge is 0.452 e. The normalized spacial score (nSPS) is 10.1. The van der Waals surface area contributed by atoms with Crippen molar-refractivity contribution < 1.29 is 27.9 Å². The van der Waals surface area contributed by atoms with Crippen LogP contribution in [-0.4, -0.2) is 30.9 Å². The molecule has 0 atom stereocenters. The lowest BCUT2D eigenvalue weighted by Gasteiger charge is -2.08. The molecule has 0 aliphatic carbocycles. The number of carbonyl (C=O) groups excluding carboxylic acids is 3. The summed E-state index contributed by atoms with van der Waals surface area (Å²) in [5, 5.41) is 4.51. The molecular weight excluding hydrogens is 348 g/mol. The molecule has 136 valence electrons. The van der Waals surface area contributed by atoms with Crippen molar-refractivity contribution in [3.63, 3.8) is 0 Å². The number of halogens is 2. The third-order valence-corrected chi connectivity index (χ3v) is 3.13. The van der Waals surface area contributed by atoms with Crippen LogP contribution in [0.3, 0.4) is 0 Å². The number of hydrogen-bond donors (Lipinski definition) is 3. The quantitative estimate of drug-likeness (QED) is 0.532. The van der Waals surface area contributed by atoms with Crippen molar-refractivity contribution in [3.05, 3.63) is 59.7 Å². The molecular formula is C17H15F2N3O4. The second-order valence-corrected chi connectivity index (χ2v) is 5.15. The van der Waals surface area contributed by atoms with Gasteiger partial charge in [0.15, 0.2) is 18.2 Å². The fourth-order valence-corrected chi connectivity index (χ4v) is 1.84. The highest BCUT2D eigenvalue weighted by Gasteiger charge is 2.11. The summed E-state index contributed by atoms with van der Waals surface area (Å²) in [5.41, 5.74) is 6.24. The first-order chi connectivity index (χ1) is 12.3. The molecule has 0 fully saturated rings. The lowest BCUT2D eigenvalue weighted by molar-refractivity contribution is -0.126. The van der Waals surface area contributed by atoms with Crippen molar-refractivity contribution in [1.29, 1.82) is 0 Å². The summed E-state index contributed by atoms with van der Waals surface area (Å²) in [6.45, 7) is -1.01. The fraction of sp³-hybridized carbons (Fsp3) is 0.118. The molecule has 0 saturated carbocycles. The summed E-state index contributed by atoms with van der Waals surface area (Å²) in [5.74, 6) is -4.23. The van der Waals surface area contributed by atoms with Gasteiger partial charge in [-0.2, -0.15) is 0 Å². The van der Waals surface area contributed by atoms with Crippen LogP contribution in [0.5, 0.6) is 0 Å². The number of benzene rings is 2. The average molecular weight is 363 g/mol. The van der Waals surface area contributed by atoms with Crippen LogP contribution in [0.15, 0.2) is 42.5 Å². The van der Waals surface area contributed by atoms with Gasteiger partial charge in [0, 0.05) is 17.4 Å². The number of rotatable bonds is 6. The Bertz CT molecular complexity index is 825. The van der Waals surface area contributed by atoms with Crippen molar-refractivity contribution in [2.75, 3.05) is 24.2 Å². The molecule has 26 heavy (non-hydrogen) atoms. The Hall–Kier alpha value is -3.49. The number of hydrogen-bond acceptors (Lipinski definition) is 5. The van der Waals surface area contributed by atoms with Crippen LogP contribution in [0.1, 0.15) is 10.4 Å². The third-order valence-electron chi connectivity index (χ3n) is 3.13. The van der Waals surface area contributed by atoms with Crippen LogP contribution in [0, 0.1) is 11.6 Å². The molecule has 0 aromatic heterocycles. The van der Waals surface area contributed by atoms with E-state index in [1.807, 2.05) is 0 Å². The fourth-order valence-electron chi connectivity index (χ4n) is 1.84. The topological polar surface area (TPSA) is 111 Å². The van der Waals surface area contributed by atoms with Gasteiger partial charge in [-0.3, -0.25) is 9.59 Å². The second-order valence-electron chi connectivity index (χ2n) is 5.15. The van der Waals surface area contributed by atoms with Gasteiger partial charge in [-0.1, -0.05) is 0 Å². The summed E-state index contributed by atoms with van der Waals surface area (Å²) in [6.07, 6.45) is 0. The van der Waals surface area contributed by atoms with Gasteiger partial charge >= 0.3 is 5.97 Å². The molecule has 2 aromatic rings. The van der Waals surface area contributed by atoms with Crippen LogP contribution in [0.2, 0.25) is 0 Å². The minimum atomic E-state index is -1.11. The molecule has 0 radical (unpaired) electrons. The van der Waals surface area contributed by atoms with Crippen LogP contribution < -0.4 is 16.4 Å². The van der Waals surface area contributed by atoms with Crippen molar-refractivity contribution in [2.45, 2.75) is 0 Å². The monoisotopic (exact) mass is 363 g/mol. The third kappa shape index (κ3) is 5.55. The Morgan fingerprint density at radius 1 is 0.962 bits per heavy atom. The van der Waals surface area contributed by atoms with E-state index in [-0.39, 0.29) is 11.3 Å². The maximum Gasteiger partial charge on any atom is 0.338 e. The molecule has 9 heteroatoms. The Morgan fingerprint density at radius 2 is 1.65 bits per heavy atom. The number of anilines is 2. The summed E-state index contributed by atoms with van der Waals surface area (Å²) < 4.78 is 30.6. The van der Waals surface area contributed by atoms with Gasteiger partial charge in [0.25, 0.3) is 5.91 Å². The lowest BCUT2D eigenvalue weighted by atomic mass is 10.2. The summed E-state index contributed by atoms with van der Waals surface area (Å²) in [6, 6.07) is 8.77. The molecule has 2 aromatic carbocycles. The number of esters is 1. The van der Waals surface area contributed by atoms with Gasteiger partial charge in [0.1, 0.15) is 0 Å². The highest BCUT2D eigenvalue weighted by atomic mass is 19.2. The van der Waals surface area contributed by atoms with Crippen LogP contribution in [-0.2, 0) is 14.3 Å². The zero-order valence-electron chi connectivity index (χ0n) is 13.4. The smallest absolute Gasteiger partial charge is 0.338 e. The Labute approximate surface area is 147 Å². The van der Waals surface area contributed by atoms with E-state index in [1.165, 1.54) is 30.3 Å². The molecule has 0 unspecified atom stereocenters. The molecule has 0 spiro atoms. The standard InChI is InChI=1S/C17H15F2N3O4/c18-13-6-5-12(7-14(13)19)22-15(23)8-21-16(24)9-26-17(25)10-1-3-11(20)4-2-10/h1-7H,8-9,20H2,(H,21,24)(H,22,23). The van der Waals surface area contributed by atoms with Crippen LogP contribution in [0.25, 0.3) is 0 Å². The first-order valence-corrected chi connectivity index (χ1v) is 7.39. The Morgan fingerprint density at radius 3 is 2.31 bits per heavy atom. The molecule has 0 aliphatic rings. The highest BCUT2D eigenvalue weighted by molar-refractivity contribution is 5.95. The molecule has 0 heterocycles. The van der Waals surface area contributed by atoms with Crippen molar-refractivity contribution in [1.82, 2.24) is 5.32 Å². The molecule has 4 N–H and O–H groups in total. The molecule has 0 saturated heterocycles. The predicted octanol–water partition coefficient (Wildman–Crippen LogP) is 1.46. The van der Waals surface area contributed by atoms with Crippen molar-refractivity contribution >= 4 is 29.2 Å². The first kappa shape index (κ1) is 18.8. The van der Waals surface area contributed by atoms with Gasteiger partial charge in [-0.15, -0.1) is 0 Å². The molecule has 0 aliphatic heterocycles. The van der Waals surface area contributed by atoms with Crippen LogP contribution >= 0.6 is 0 Å². The number of carbonyl (C=O) groups is 3. The van der Waals surface area contributed by atoms with E-state index < -0.39 is 42.6 Å². The number of nitrogens with two attached hydrogens (primary N) is 1. The van der Waals surface area contributed by atoms with Gasteiger partial charge in [-0.25, -0.2) is 13.6 Å². The number of ether oxygens (including phenoxy) is 1. The van der Waals surface area contributed by atoms with Gasteiger partial charge < -0.3 is 21.1 Å². The summed E-state index contributed by atoms with van der Waals surface area (Å²) >= 11 is 0. The van der Waals surface area contributed by atoms with Gasteiger partial charge in [-0.05, 0) is 36.4 Å². The first-order valence-electron chi connectivity index (χ1n) is 7.39. The molecule has 7 nitrogen and oxygen atoms in total. The molecule has 2 amide bonds. The van der Waals surface area contributed by atoms with E-state index in [2.05, 4.69) is 10.6 Å². The molecule has 0 bridgehead atoms. The molecule has 2 rings (SSSR count). The Kier molecular flexibility index (Phi) is 6.20. The zero-order valence-corrected chi connectivity index (χ0v) is 13.4. The summed E-state index contributed by atoms with van der Waals surface area (Å²) in [7, 11) is 0. The Balaban J connectivity index is 1.73. The summed E-state index contributed by atoms with van der Waals surface area (Å²) in [4.78, 5) is 34.9. The van der Waals surface area contributed by atoms with E-state index in [9.17, 15) is 23.2 Å². The zero-order chi connectivity index (χ0) is 19.1. The van der Waals surface area contributed by atoms with Gasteiger partial charge in [0.05, 0.1) is 12.1 Å². The number of nitrogens with one attached hydrogen (secondary N) is 2. The maximum atomic E-state index is 13.0. The maximum absolute atomic E-state index is 13.0. The number of nitrogen functional groups attached to an aromatic ring is 1. The van der Waals surface area contributed by atoms with Crippen molar-refractivity contribution in [2.24, 2.45) is 0 Å². The second kappa shape index (κ2) is 8.56. The highest BCUT2D eigenvalue weighted by Crippen LogP contribution is 2.12. The van der Waals surface area contributed by atoms with E-state index in [0.717, 1.165) is 12.1 Å². The van der Waals surface area contributed by atoms with Gasteiger partial charge in [0.2, 0.25) is 5.91 Å². The van der Waals surface area contributed by atoms with E-state index in [0.29, 0.717) is 5.69 Å². The van der Waals surface area contributed by atoms with Crippen molar-refractivity contribution in [3.8, 4) is 0 Å². The average Bonchev–Trinajstić information content (AvgIpc) is 2.61. The predicted molar refractivity (Wildman–Crippen MR) is 89.1 cm³/mol. The SMILES string of the molecule is Nc1ccc(C(=O)OCC(=O)NCC(=O)Nc2ccc(F)c(F)c2)cc1. The lowest BCUT2D eigenvalue weighted by Crippen LogP contribution is -2.35. The number of amides is 2. The van der Waals surface area contributed by atoms with E-state index >= 15 is 0 Å². The van der Waals surface area contributed by atoms with E-state index in [4.69, 9.17) is 10.5 Å². The minimum Gasteiger partial charge on any atom is -0.452 e. The van der Waals surface area contributed by atoms with E-state index in [1.54, 1.807) is 0 Å².